The number of fused-ring (bicyclic) bond motifs is 1. The van der Waals surface area contributed by atoms with E-state index in [1.54, 1.807) is 49.6 Å². The summed E-state index contributed by atoms with van der Waals surface area (Å²) in [5, 5.41) is 3.29. The van der Waals surface area contributed by atoms with Gasteiger partial charge in [0.25, 0.3) is 0 Å². The fourth-order valence-electron chi connectivity index (χ4n) is 3.78. The van der Waals surface area contributed by atoms with E-state index in [0.717, 1.165) is 11.1 Å². The maximum Gasteiger partial charge on any atom is 0.407 e. The van der Waals surface area contributed by atoms with Crippen molar-refractivity contribution in [2.24, 2.45) is 0 Å². The van der Waals surface area contributed by atoms with Crippen molar-refractivity contribution in [1.29, 1.82) is 0 Å². The van der Waals surface area contributed by atoms with Crippen LogP contribution in [0.2, 0.25) is 10.3 Å². The van der Waals surface area contributed by atoms with Gasteiger partial charge in [-0.2, -0.15) is 9.97 Å². The minimum Gasteiger partial charge on any atom is -0.450 e. The van der Waals surface area contributed by atoms with Gasteiger partial charge in [-0.05, 0) is 66.8 Å². The van der Waals surface area contributed by atoms with Crippen LogP contribution in [0.4, 0.5) is 10.6 Å². The van der Waals surface area contributed by atoms with Gasteiger partial charge in [0.15, 0.2) is 11.5 Å². The monoisotopic (exact) mass is 591 g/mol. The lowest BCUT2D eigenvalue weighted by molar-refractivity contribution is 0.143. The molecule has 4 rings (SSSR count). The number of anilines is 1. The molecule has 39 heavy (non-hydrogen) atoms. The molecule has 0 aliphatic heterocycles. The minimum atomic E-state index is -3.74. The van der Waals surface area contributed by atoms with Crippen molar-refractivity contribution < 1.29 is 17.9 Å². The number of unbranched alkanes of at least 4 members (excludes halogenated alkanes) is 1. The van der Waals surface area contributed by atoms with E-state index in [2.05, 4.69) is 25.0 Å². The Morgan fingerprint density at radius 1 is 1.08 bits per heavy atom. The van der Waals surface area contributed by atoms with Crippen LogP contribution in [0, 0.1) is 0 Å². The number of benzene rings is 2. The highest BCUT2D eigenvalue weighted by molar-refractivity contribution is 7.89. The molecular formula is C25H27Cl2N7O4S. The van der Waals surface area contributed by atoms with Gasteiger partial charge < -0.3 is 20.4 Å². The molecule has 2 aromatic carbocycles. The number of alkyl carbamates (subject to hydrolysis) is 1. The molecule has 1 unspecified atom stereocenters. The number of rotatable bonds is 11. The van der Waals surface area contributed by atoms with Gasteiger partial charge in [-0.3, -0.25) is 0 Å². The lowest BCUT2D eigenvalue weighted by atomic mass is 10.1. The third-order valence-electron chi connectivity index (χ3n) is 5.86. The maximum absolute atomic E-state index is 12.8. The van der Waals surface area contributed by atoms with Gasteiger partial charge in [0.1, 0.15) is 5.52 Å². The van der Waals surface area contributed by atoms with Crippen LogP contribution in [-0.4, -0.2) is 40.6 Å². The van der Waals surface area contributed by atoms with E-state index in [1.807, 2.05) is 4.57 Å². The van der Waals surface area contributed by atoms with Crippen LogP contribution in [0.5, 0.6) is 0 Å². The average Bonchev–Trinajstić information content (AvgIpc) is 3.30. The third-order valence-corrected chi connectivity index (χ3v) is 7.84. The first-order valence-electron chi connectivity index (χ1n) is 12.0. The van der Waals surface area contributed by atoms with E-state index in [0.29, 0.717) is 35.6 Å². The maximum atomic E-state index is 12.8. The number of aromatic nitrogens is 4. The molecule has 4 aromatic rings. The molecule has 0 saturated carbocycles. The summed E-state index contributed by atoms with van der Waals surface area (Å²) in [6.07, 6.45) is 2.38. The summed E-state index contributed by atoms with van der Waals surface area (Å²) in [6, 6.07) is 12.8. The number of nitrogens with zero attached hydrogens (tertiary/aromatic N) is 4. The molecule has 0 fully saturated rings. The van der Waals surface area contributed by atoms with Gasteiger partial charge in [0.05, 0.1) is 17.8 Å². The molecule has 4 N–H and O–H groups in total. The molecule has 0 aliphatic carbocycles. The zero-order valence-electron chi connectivity index (χ0n) is 21.0. The number of carbonyl (C=O) groups excluding carboxylic acids is 1. The quantitative estimate of drug-likeness (QED) is 0.170. The Bertz CT molecular complexity index is 1550. The smallest absolute Gasteiger partial charge is 0.407 e. The molecule has 1 atom stereocenters. The van der Waals surface area contributed by atoms with E-state index in [9.17, 15) is 13.2 Å². The predicted octanol–water partition coefficient (Wildman–Crippen LogP) is 4.46. The molecule has 2 heterocycles. The normalized spacial score (nSPS) is 12.4. The summed E-state index contributed by atoms with van der Waals surface area (Å²) >= 11 is 11.8. The Morgan fingerprint density at radius 2 is 1.79 bits per heavy atom. The van der Waals surface area contributed by atoms with Gasteiger partial charge in [0.2, 0.25) is 15.3 Å². The van der Waals surface area contributed by atoms with Crippen LogP contribution in [0.1, 0.15) is 36.9 Å². The summed E-state index contributed by atoms with van der Waals surface area (Å²) in [5.41, 5.74) is 8.37. The van der Waals surface area contributed by atoms with E-state index in [-0.39, 0.29) is 29.1 Å². The number of nitrogens with two attached hydrogens (primary N) is 1. The lowest BCUT2D eigenvalue weighted by Gasteiger charge is -2.15. The van der Waals surface area contributed by atoms with Crippen LogP contribution in [0.15, 0.2) is 59.8 Å². The zero-order valence-corrected chi connectivity index (χ0v) is 23.3. The Labute approximate surface area is 235 Å². The molecule has 206 valence electrons. The summed E-state index contributed by atoms with van der Waals surface area (Å²) in [6.45, 7) is 2.77. The third kappa shape index (κ3) is 7.57. The first-order chi connectivity index (χ1) is 18.6. The summed E-state index contributed by atoms with van der Waals surface area (Å²) in [7, 11) is -3.74. The first kappa shape index (κ1) is 28.6. The molecule has 0 saturated heterocycles. The Kier molecular flexibility index (Phi) is 9.23. The highest BCUT2D eigenvalue weighted by atomic mass is 35.5. The van der Waals surface area contributed by atoms with Crippen molar-refractivity contribution in [2.75, 3.05) is 12.3 Å². The number of amides is 1. The van der Waals surface area contributed by atoms with Crippen LogP contribution in [0.25, 0.3) is 11.2 Å². The second-order valence-electron chi connectivity index (χ2n) is 8.72. The van der Waals surface area contributed by atoms with Crippen molar-refractivity contribution in [3.63, 3.8) is 0 Å². The number of aryl methyl sites for hydroxylation is 1. The van der Waals surface area contributed by atoms with E-state index in [1.165, 1.54) is 12.1 Å². The summed E-state index contributed by atoms with van der Waals surface area (Å²) in [4.78, 5) is 24.4. The minimum absolute atomic E-state index is 0.0541. The second-order valence-corrected chi connectivity index (χ2v) is 11.2. The Balaban J connectivity index is 1.18. The van der Waals surface area contributed by atoms with Crippen molar-refractivity contribution in [2.45, 2.75) is 43.8 Å². The topological polar surface area (TPSA) is 154 Å². The molecule has 11 nitrogen and oxygen atoms in total. The highest BCUT2D eigenvalue weighted by Gasteiger charge is 2.18. The molecule has 1 amide bonds. The van der Waals surface area contributed by atoms with Gasteiger partial charge in [0, 0.05) is 24.2 Å². The van der Waals surface area contributed by atoms with Gasteiger partial charge >= 0.3 is 6.09 Å². The average molecular weight is 593 g/mol. The number of nitrogen functional groups attached to an aromatic ring is 1. The number of carbonyl (C=O) groups is 1. The summed E-state index contributed by atoms with van der Waals surface area (Å²) in [5.74, 6) is 0.223. The van der Waals surface area contributed by atoms with Crippen molar-refractivity contribution in [1.82, 2.24) is 29.6 Å². The van der Waals surface area contributed by atoms with Crippen LogP contribution in [-0.2, 0) is 27.8 Å². The highest BCUT2D eigenvalue weighted by Crippen LogP contribution is 2.20. The number of hydrogen-bond acceptors (Lipinski definition) is 8. The molecular weight excluding hydrogens is 565 g/mol. The molecule has 0 aliphatic rings. The lowest BCUT2D eigenvalue weighted by Crippen LogP contribution is -2.27. The summed E-state index contributed by atoms with van der Waals surface area (Å²) < 4.78 is 35.2. The SMILES string of the molecule is CC(NS(=O)(=O)c1ccc(CNC(=O)OCCCCn2cnc3c(N)nc(Cl)nc32)cc1)c1ccc(Cl)cc1. The molecule has 0 spiro atoms. The number of sulfonamides is 1. The van der Waals surface area contributed by atoms with E-state index < -0.39 is 22.2 Å². The Morgan fingerprint density at radius 3 is 2.51 bits per heavy atom. The first-order valence-corrected chi connectivity index (χ1v) is 14.3. The van der Waals surface area contributed by atoms with Crippen molar-refractivity contribution >= 4 is 56.3 Å². The predicted molar refractivity (Wildman–Crippen MR) is 149 cm³/mol. The Hall–Kier alpha value is -3.45. The second kappa shape index (κ2) is 12.6. The van der Waals surface area contributed by atoms with Gasteiger partial charge in [-0.15, -0.1) is 0 Å². The fourth-order valence-corrected chi connectivity index (χ4v) is 5.31. The molecule has 2 aromatic heterocycles. The molecule has 0 radical (unpaired) electrons. The fraction of sp³-hybridized carbons (Fsp3) is 0.280. The standard InChI is InChI=1S/C25H27Cl2N7O4S/c1-16(18-6-8-19(26)9-7-18)33-39(36,37)20-10-4-17(5-11-20)14-29-25(35)38-13-3-2-12-34-15-30-21-22(28)31-24(27)32-23(21)34/h4-11,15-16,33H,2-3,12-14H2,1H3,(H,29,35)(H2,28,31,32). The number of ether oxygens (including phenoxy) is 1. The number of imidazole rings is 1. The van der Waals surface area contributed by atoms with Gasteiger partial charge in [-0.1, -0.05) is 35.9 Å². The molecule has 0 bridgehead atoms. The zero-order chi connectivity index (χ0) is 28.0. The number of halogens is 2. The van der Waals surface area contributed by atoms with E-state index >= 15 is 0 Å². The van der Waals surface area contributed by atoms with E-state index in [4.69, 9.17) is 33.7 Å². The molecule has 14 heteroatoms. The van der Waals surface area contributed by atoms with Crippen molar-refractivity contribution in [3.05, 3.63) is 76.3 Å². The van der Waals surface area contributed by atoms with Crippen molar-refractivity contribution in [3.8, 4) is 0 Å². The van der Waals surface area contributed by atoms with Crippen LogP contribution in [0.3, 0.4) is 0 Å². The largest absolute Gasteiger partial charge is 0.450 e. The van der Waals surface area contributed by atoms with Gasteiger partial charge in [-0.25, -0.2) is 22.9 Å². The van der Waals surface area contributed by atoms with Crippen LogP contribution < -0.4 is 15.8 Å². The number of nitrogens with one attached hydrogen (secondary N) is 2. The van der Waals surface area contributed by atoms with Crippen LogP contribution >= 0.6 is 23.2 Å². The number of hydrogen-bond donors (Lipinski definition) is 3.